The molecular formula is C18H21ClN2O2S. The fourth-order valence-corrected chi connectivity index (χ4v) is 2.55. The van der Waals surface area contributed by atoms with Gasteiger partial charge in [0, 0.05) is 18.1 Å². The van der Waals surface area contributed by atoms with E-state index in [9.17, 15) is 10.2 Å². The van der Waals surface area contributed by atoms with Gasteiger partial charge in [0.1, 0.15) is 0 Å². The number of nitrogens with one attached hydrogen (secondary N) is 2. The van der Waals surface area contributed by atoms with Gasteiger partial charge in [0.15, 0.2) is 11.5 Å². The molecule has 0 heterocycles. The standard InChI is InChI=1S/C18H21ClN2O2S/c19-15-4-1-13(2-5-15)8-10-21-18(24)12-20-9-7-14-3-6-16(22)17(23)11-14/h1-6,11,20,22-23H,7-10,12H2,(H,21,24). The van der Waals surface area contributed by atoms with Gasteiger partial charge in [-0.2, -0.15) is 0 Å². The van der Waals surface area contributed by atoms with Crippen molar-refractivity contribution < 1.29 is 10.2 Å². The van der Waals surface area contributed by atoms with Crippen LogP contribution in [0.25, 0.3) is 0 Å². The fourth-order valence-electron chi connectivity index (χ4n) is 2.22. The summed E-state index contributed by atoms with van der Waals surface area (Å²) in [5.41, 5.74) is 2.18. The van der Waals surface area contributed by atoms with Gasteiger partial charge in [-0.15, -0.1) is 0 Å². The summed E-state index contributed by atoms with van der Waals surface area (Å²) in [6.07, 6.45) is 1.64. The normalized spacial score (nSPS) is 10.5. The molecule has 2 aromatic rings. The monoisotopic (exact) mass is 364 g/mol. The Bertz CT molecular complexity index is 677. The lowest BCUT2D eigenvalue weighted by molar-refractivity contribution is 0.403. The predicted octanol–water partition coefficient (Wildman–Crippen LogP) is 3.04. The van der Waals surface area contributed by atoms with E-state index in [-0.39, 0.29) is 11.5 Å². The maximum absolute atomic E-state index is 9.44. The predicted molar refractivity (Wildman–Crippen MR) is 102 cm³/mol. The topological polar surface area (TPSA) is 64.5 Å². The summed E-state index contributed by atoms with van der Waals surface area (Å²) in [4.78, 5) is 0.775. The molecule has 0 fully saturated rings. The number of aromatic hydroxyl groups is 2. The van der Waals surface area contributed by atoms with E-state index in [1.807, 2.05) is 24.3 Å². The summed E-state index contributed by atoms with van der Waals surface area (Å²) in [6, 6.07) is 12.7. The Kier molecular flexibility index (Phi) is 7.31. The van der Waals surface area contributed by atoms with Gasteiger partial charge in [0.05, 0.1) is 4.99 Å². The minimum absolute atomic E-state index is 0.0908. The second-order valence-corrected chi connectivity index (χ2v) is 6.41. The molecule has 4 N–H and O–H groups in total. The van der Waals surface area contributed by atoms with Crippen molar-refractivity contribution >= 4 is 28.8 Å². The average molecular weight is 365 g/mol. The molecular weight excluding hydrogens is 344 g/mol. The number of phenolic OH excluding ortho intramolecular Hbond substituents is 2. The molecule has 6 heteroatoms. The van der Waals surface area contributed by atoms with E-state index >= 15 is 0 Å². The Hall–Kier alpha value is -1.82. The van der Waals surface area contributed by atoms with Crippen LogP contribution in [0.2, 0.25) is 5.02 Å². The molecule has 0 aromatic heterocycles. The lowest BCUT2D eigenvalue weighted by Crippen LogP contribution is -2.34. The average Bonchev–Trinajstić information content (AvgIpc) is 2.56. The van der Waals surface area contributed by atoms with E-state index in [0.29, 0.717) is 6.54 Å². The lowest BCUT2D eigenvalue weighted by atomic mass is 10.1. The van der Waals surface area contributed by atoms with E-state index in [4.69, 9.17) is 23.8 Å². The van der Waals surface area contributed by atoms with Gasteiger partial charge in [0.25, 0.3) is 0 Å². The van der Waals surface area contributed by atoms with Crippen molar-refractivity contribution in [3.63, 3.8) is 0 Å². The summed E-state index contributed by atoms with van der Waals surface area (Å²) in [7, 11) is 0. The third kappa shape index (κ3) is 6.35. The molecule has 0 saturated carbocycles. The molecule has 0 bridgehead atoms. The smallest absolute Gasteiger partial charge is 0.157 e. The van der Waals surface area contributed by atoms with Gasteiger partial charge in [-0.1, -0.05) is 42.0 Å². The van der Waals surface area contributed by atoms with Gasteiger partial charge in [-0.05, 0) is 54.8 Å². The van der Waals surface area contributed by atoms with Gasteiger partial charge in [0.2, 0.25) is 0 Å². The molecule has 4 nitrogen and oxygen atoms in total. The fraction of sp³-hybridized carbons (Fsp3) is 0.278. The van der Waals surface area contributed by atoms with Crippen LogP contribution >= 0.6 is 23.8 Å². The summed E-state index contributed by atoms with van der Waals surface area (Å²) >= 11 is 11.1. The van der Waals surface area contributed by atoms with E-state index in [1.165, 1.54) is 11.6 Å². The number of halogens is 1. The van der Waals surface area contributed by atoms with E-state index < -0.39 is 0 Å². The number of benzene rings is 2. The van der Waals surface area contributed by atoms with E-state index in [2.05, 4.69) is 10.6 Å². The van der Waals surface area contributed by atoms with Crippen molar-refractivity contribution in [2.45, 2.75) is 12.8 Å². The molecule has 0 aliphatic carbocycles. The van der Waals surface area contributed by atoms with Crippen LogP contribution in [-0.2, 0) is 12.8 Å². The SMILES string of the molecule is Oc1ccc(CCNCC(=S)NCCc2ccc(Cl)cc2)cc1O. The van der Waals surface area contributed by atoms with Crippen molar-refractivity contribution in [3.8, 4) is 11.5 Å². The van der Waals surface area contributed by atoms with Crippen LogP contribution in [0, 0.1) is 0 Å². The zero-order valence-electron chi connectivity index (χ0n) is 13.3. The molecule has 0 aliphatic rings. The largest absolute Gasteiger partial charge is 0.504 e. The van der Waals surface area contributed by atoms with Crippen molar-refractivity contribution in [3.05, 3.63) is 58.6 Å². The van der Waals surface area contributed by atoms with Crippen molar-refractivity contribution in [2.24, 2.45) is 0 Å². The first-order chi connectivity index (χ1) is 11.5. The maximum atomic E-state index is 9.44. The molecule has 2 aromatic carbocycles. The Morgan fingerprint density at radius 2 is 1.58 bits per heavy atom. The first-order valence-electron chi connectivity index (χ1n) is 7.77. The highest BCUT2D eigenvalue weighted by atomic mass is 35.5. The van der Waals surface area contributed by atoms with Crippen LogP contribution in [-0.4, -0.2) is 34.8 Å². The first-order valence-corrected chi connectivity index (χ1v) is 8.56. The third-order valence-electron chi connectivity index (χ3n) is 3.56. The molecule has 128 valence electrons. The lowest BCUT2D eigenvalue weighted by Gasteiger charge is -2.10. The summed E-state index contributed by atoms with van der Waals surface area (Å²) in [6.45, 7) is 2.14. The maximum Gasteiger partial charge on any atom is 0.157 e. The summed E-state index contributed by atoms with van der Waals surface area (Å²) in [5, 5.41) is 25.9. The van der Waals surface area contributed by atoms with Gasteiger partial charge >= 0.3 is 0 Å². The number of hydrogen-bond donors (Lipinski definition) is 4. The Balaban J connectivity index is 1.59. The molecule has 2 rings (SSSR count). The van der Waals surface area contributed by atoms with Crippen LogP contribution in [0.15, 0.2) is 42.5 Å². The third-order valence-corrected chi connectivity index (χ3v) is 4.11. The van der Waals surface area contributed by atoms with Crippen molar-refractivity contribution in [1.82, 2.24) is 10.6 Å². The van der Waals surface area contributed by atoms with E-state index in [0.717, 1.165) is 41.5 Å². The molecule has 0 spiro atoms. The van der Waals surface area contributed by atoms with E-state index in [1.54, 1.807) is 12.1 Å². The highest BCUT2D eigenvalue weighted by molar-refractivity contribution is 7.80. The molecule has 0 aliphatic heterocycles. The summed E-state index contributed by atoms with van der Waals surface area (Å²) in [5.74, 6) is -0.190. The molecule has 24 heavy (non-hydrogen) atoms. The van der Waals surface area contributed by atoms with Crippen molar-refractivity contribution in [2.75, 3.05) is 19.6 Å². The molecule has 0 saturated heterocycles. The Labute approximate surface area is 152 Å². The zero-order valence-corrected chi connectivity index (χ0v) is 14.8. The Morgan fingerprint density at radius 1 is 0.917 bits per heavy atom. The van der Waals surface area contributed by atoms with Gasteiger partial charge in [-0.25, -0.2) is 0 Å². The van der Waals surface area contributed by atoms with Gasteiger partial charge < -0.3 is 20.8 Å². The van der Waals surface area contributed by atoms with Crippen LogP contribution < -0.4 is 10.6 Å². The van der Waals surface area contributed by atoms with Crippen LogP contribution in [0.5, 0.6) is 11.5 Å². The number of phenols is 2. The summed E-state index contributed by atoms with van der Waals surface area (Å²) < 4.78 is 0. The minimum atomic E-state index is -0.0993. The molecule has 0 radical (unpaired) electrons. The molecule has 0 amide bonds. The number of rotatable bonds is 8. The number of thiocarbonyl (C=S) groups is 1. The second kappa shape index (κ2) is 9.47. The van der Waals surface area contributed by atoms with Crippen molar-refractivity contribution in [1.29, 1.82) is 0 Å². The second-order valence-electron chi connectivity index (χ2n) is 5.48. The Morgan fingerprint density at radius 3 is 2.29 bits per heavy atom. The minimum Gasteiger partial charge on any atom is -0.504 e. The van der Waals surface area contributed by atoms with Gasteiger partial charge in [-0.3, -0.25) is 0 Å². The first kappa shape index (κ1) is 18.5. The quantitative estimate of drug-likeness (QED) is 0.329. The van der Waals surface area contributed by atoms with Crippen LogP contribution in [0.4, 0.5) is 0 Å². The highest BCUT2D eigenvalue weighted by Crippen LogP contribution is 2.24. The van der Waals surface area contributed by atoms with Crippen LogP contribution in [0.3, 0.4) is 0 Å². The molecule has 0 atom stereocenters. The number of hydrogen-bond acceptors (Lipinski definition) is 4. The highest BCUT2D eigenvalue weighted by Gasteiger charge is 2.01. The van der Waals surface area contributed by atoms with Crippen LogP contribution in [0.1, 0.15) is 11.1 Å². The zero-order chi connectivity index (χ0) is 17.4. The molecule has 0 unspecified atom stereocenters.